The number of nitrogen functional groups attached to an aromatic ring is 1. The van der Waals surface area contributed by atoms with Gasteiger partial charge in [0.15, 0.2) is 0 Å². The average Bonchev–Trinajstić information content (AvgIpc) is 2.30. The minimum Gasteiger partial charge on any atom is -0.487 e. The molecule has 0 radical (unpaired) electrons. The number of aryl methyl sites for hydroxylation is 1. The second kappa shape index (κ2) is 4.82. The van der Waals surface area contributed by atoms with Gasteiger partial charge in [0.2, 0.25) is 0 Å². The highest BCUT2D eigenvalue weighted by atomic mass is 19.1. The molecule has 0 atom stereocenters. The molecular formula is C13H13FN2O. The van der Waals surface area contributed by atoms with Crippen LogP contribution in [0.25, 0.3) is 0 Å². The van der Waals surface area contributed by atoms with Crippen molar-refractivity contribution in [1.29, 1.82) is 0 Å². The zero-order chi connectivity index (χ0) is 12.3. The number of benzene rings is 1. The largest absolute Gasteiger partial charge is 0.487 e. The van der Waals surface area contributed by atoms with Crippen LogP contribution < -0.4 is 10.5 Å². The number of halogens is 1. The first kappa shape index (κ1) is 11.4. The molecule has 2 rings (SSSR count). The monoisotopic (exact) mass is 232 g/mol. The van der Waals surface area contributed by atoms with Gasteiger partial charge in [-0.25, -0.2) is 4.39 Å². The Balaban J connectivity index is 2.09. The van der Waals surface area contributed by atoms with E-state index in [1.165, 1.54) is 18.2 Å². The summed E-state index contributed by atoms with van der Waals surface area (Å²) >= 11 is 0. The Morgan fingerprint density at radius 3 is 2.88 bits per heavy atom. The standard InChI is InChI=1S/C13H13FN2O/c1-9-4-10(7-16-6-9)8-17-13-5-11(14)2-3-12(13)15/h2-7H,8,15H2,1H3. The first-order valence-corrected chi connectivity index (χ1v) is 5.23. The minimum atomic E-state index is -0.364. The molecule has 0 spiro atoms. The predicted octanol–water partition coefficient (Wildman–Crippen LogP) is 2.69. The van der Waals surface area contributed by atoms with Gasteiger partial charge >= 0.3 is 0 Å². The fraction of sp³-hybridized carbons (Fsp3) is 0.154. The molecule has 88 valence electrons. The van der Waals surface area contributed by atoms with E-state index in [9.17, 15) is 4.39 Å². The van der Waals surface area contributed by atoms with Crippen molar-refractivity contribution in [3.05, 3.63) is 53.6 Å². The molecule has 0 saturated heterocycles. The number of rotatable bonds is 3. The van der Waals surface area contributed by atoms with Gasteiger partial charge in [-0.3, -0.25) is 4.98 Å². The van der Waals surface area contributed by atoms with E-state index in [2.05, 4.69) is 4.98 Å². The Hall–Kier alpha value is -2.10. The molecule has 0 unspecified atom stereocenters. The van der Waals surface area contributed by atoms with Crippen LogP contribution in [0.4, 0.5) is 10.1 Å². The van der Waals surface area contributed by atoms with Gasteiger partial charge in [-0.1, -0.05) is 0 Å². The fourth-order valence-electron chi connectivity index (χ4n) is 1.49. The molecular weight excluding hydrogens is 219 g/mol. The Morgan fingerprint density at radius 2 is 2.12 bits per heavy atom. The van der Waals surface area contributed by atoms with E-state index in [0.29, 0.717) is 18.0 Å². The van der Waals surface area contributed by atoms with Crippen LogP contribution in [0.1, 0.15) is 11.1 Å². The first-order valence-electron chi connectivity index (χ1n) is 5.23. The maximum atomic E-state index is 13.0. The summed E-state index contributed by atoms with van der Waals surface area (Å²) in [5.41, 5.74) is 8.08. The summed E-state index contributed by atoms with van der Waals surface area (Å²) in [5, 5.41) is 0. The van der Waals surface area contributed by atoms with Crippen LogP contribution in [0.15, 0.2) is 36.7 Å². The van der Waals surface area contributed by atoms with Crippen LogP contribution >= 0.6 is 0 Å². The van der Waals surface area contributed by atoms with E-state index in [1.807, 2.05) is 13.0 Å². The normalized spacial score (nSPS) is 10.2. The third-order valence-electron chi connectivity index (χ3n) is 2.30. The molecule has 2 N–H and O–H groups in total. The van der Waals surface area contributed by atoms with E-state index in [1.54, 1.807) is 12.4 Å². The van der Waals surface area contributed by atoms with E-state index >= 15 is 0 Å². The quantitative estimate of drug-likeness (QED) is 0.828. The molecule has 0 bridgehead atoms. The summed E-state index contributed by atoms with van der Waals surface area (Å²) in [7, 11) is 0. The third kappa shape index (κ3) is 2.93. The number of nitrogens with two attached hydrogens (primary N) is 1. The van der Waals surface area contributed by atoms with Gasteiger partial charge in [0.1, 0.15) is 18.2 Å². The molecule has 0 saturated carbocycles. The highest BCUT2D eigenvalue weighted by Crippen LogP contribution is 2.23. The van der Waals surface area contributed by atoms with Crippen molar-refractivity contribution < 1.29 is 9.13 Å². The molecule has 0 amide bonds. The zero-order valence-electron chi connectivity index (χ0n) is 9.48. The minimum absolute atomic E-state index is 0.322. The second-order valence-electron chi connectivity index (χ2n) is 3.84. The molecule has 0 fully saturated rings. The Kier molecular flexibility index (Phi) is 3.23. The molecule has 3 nitrogen and oxygen atoms in total. The van der Waals surface area contributed by atoms with Crippen molar-refractivity contribution in [3.63, 3.8) is 0 Å². The van der Waals surface area contributed by atoms with Crippen LogP contribution in [0.5, 0.6) is 5.75 Å². The smallest absolute Gasteiger partial charge is 0.145 e. The van der Waals surface area contributed by atoms with Crippen molar-refractivity contribution >= 4 is 5.69 Å². The number of aromatic nitrogens is 1. The number of hydrogen-bond donors (Lipinski definition) is 1. The number of anilines is 1. The molecule has 4 heteroatoms. The van der Waals surface area contributed by atoms with Crippen molar-refractivity contribution in [2.45, 2.75) is 13.5 Å². The average molecular weight is 232 g/mol. The lowest BCUT2D eigenvalue weighted by Crippen LogP contribution is -2.00. The Bertz CT molecular complexity index is 529. The number of ether oxygens (including phenoxy) is 1. The highest BCUT2D eigenvalue weighted by molar-refractivity contribution is 5.52. The second-order valence-corrected chi connectivity index (χ2v) is 3.84. The Morgan fingerprint density at radius 1 is 1.29 bits per heavy atom. The van der Waals surface area contributed by atoms with Crippen molar-refractivity contribution in [3.8, 4) is 5.75 Å². The molecule has 0 aliphatic carbocycles. The van der Waals surface area contributed by atoms with Crippen LogP contribution in [0.3, 0.4) is 0 Å². The van der Waals surface area contributed by atoms with Crippen LogP contribution in [0.2, 0.25) is 0 Å². The molecule has 1 aromatic heterocycles. The summed E-state index contributed by atoms with van der Waals surface area (Å²) in [6.07, 6.45) is 3.47. The molecule has 1 aromatic carbocycles. The topological polar surface area (TPSA) is 48.1 Å². The fourth-order valence-corrected chi connectivity index (χ4v) is 1.49. The molecule has 1 heterocycles. The van der Waals surface area contributed by atoms with E-state index < -0.39 is 0 Å². The SMILES string of the molecule is Cc1cncc(COc2cc(F)ccc2N)c1. The molecule has 0 aliphatic heterocycles. The number of nitrogens with zero attached hydrogens (tertiary/aromatic N) is 1. The maximum absolute atomic E-state index is 13.0. The van der Waals surface area contributed by atoms with Crippen LogP contribution in [-0.4, -0.2) is 4.98 Å². The predicted molar refractivity (Wildman–Crippen MR) is 64.1 cm³/mol. The lowest BCUT2D eigenvalue weighted by molar-refractivity contribution is 0.306. The summed E-state index contributed by atoms with van der Waals surface area (Å²) in [6.45, 7) is 2.27. The third-order valence-corrected chi connectivity index (χ3v) is 2.30. The maximum Gasteiger partial charge on any atom is 0.145 e. The summed E-state index contributed by atoms with van der Waals surface area (Å²) < 4.78 is 18.4. The van der Waals surface area contributed by atoms with E-state index in [-0.39, 0.29) is 5.82 Å². The van der Waals surface area contributed by atoms with E-state index in [4.69, 9.17) is 10.5 Å². The van der Waals surface area contributed by atoms with Gasteiger partial charge in [-0.2, -0.15) is 0 Å². The lowest BCUT2D eigenvalue weighted by atomic mass is 10.2. The van der Waals surface area contributed by atoms with Gasteiger partial charge in [-0.15, -0.1) is 0 Å². The summed E-state index contributed by atoms with van der Waals surface area (Å²) in [5.74, 6) is -0.0110. The molecule has 0 aliphatic rings. The first-order chi connectivity index (χ1) is 8.15. The molecule has 2 aromatic rings. The zero-order valence-corrected chi connectivity index (χ0v) is 9.48. The van der Waals surface area contributed by atoms with Crippen molar-refractivity contribution in [2.75, 3.05) is 5.73 Å². The summed E-state index contributed by atoms with van der Waals surface area (Å²) in [6, 6.07) is 6.02. The van der Waals surface area contributed by atoms with E-state index in [0.717, 1.165) is 11.1 Å². The van der Waals surface area contributed by atoms with Crippen molar-refractivity contribution in [1.82, 2.24) is 4.98 Å². The lowest BCUT2D eigenvalue weighted by Gasteiger charge is -2.09. The van der Waals surface area contributed by atoms with Gasteiger partial charge < -0.3 is 10.5 Å². The van der Waals surface area contributed by atoms with Crippen molar-refractivity contribution in [2.24, 2.45) is 0 Å². The van der Waals surface area contributed by atoms with Crippen LogP contribution in [0, 0.1) is 12.7 Å². The Labute approximate surface area is 99.1 Å². The number of hydrogen-bond acceptors (Lipinski definition) is 3. The van der Waals surface area contributed by atoms with Gasteiger partial charge in [0, 0.05) is 24.0 Å². The molecule has 17 heavy (non-hydrogen) atoms. The van der Waals surface area contributed by atoms with Crippen LogP contribution in [-0.2, 0) is 6.61 Å². The van der Waals surface area contributed by atoms with Gasteiger partial charge in [-0.05, 0) is 30.7 Å². The summed E-state index contributed by atoms with van der Waals surface area (Å²) in [4.78, 5) is 4.05. The van der Waals surface area contributed by atoms with Gasteiger partial charge in [0.05, 0.1) is 5.69 Å². The highest BCUT2D eigenvalue weighted by Gasteiger charge is 2.03. The van der Waals surface area contributed by atoms with Gasteiger partial charge in [0.25, 0.3) is 0 Å². The number of pyridine rings is 1.